The van der Waals surface area contributed by atoms with Gasteiger partial charge in [0.15, 0.2) is 0 Å². The zero-order valence-electron chi connectivity index (χ0n) is 14.9. The molecule has 4 heteroatoms. The molecule has 0 unspecified atom stereocenters. The third kappa shape index (κ3) is 3.22. The summed E-state index contributed by atoms with van der Waals surface area (Å²) in [5.41, 5.74) is 2.36. The van der Waals surface area contributed by atoms with Crippen molar-refractivity contribution in [3.8, 4) is 11.5 Å². The van der Waals surface area contributed by atoms with Crippen molar-refractivity contribution in [3.05, 3.63) is 90.0 Å². The fraction of sp³-hybridized carbons (Fsp3) is 0.130. The second-order valence-electron chi connectivity index (χ2n) is 6.60. The highest BCUT2D eigenvalue weighted by atomic mass is 16.5. The maximum Gasteiger partial charge on any atom is 0.235 e. The van der Waals surface area contributed by atoms with Crippen molar-refractivity contribution >= 4 is 17.4 Å². The van der Waals surface area contributed by atoms with Gasteiger partial charge in [-0.2, -0.15) is 0 Å². The van der Waals surface area contributed by atoms with Gasteiger partial charge in [0.1, 0.15) is 23.2 Å². The highest BCUT2D eigenvalue weighted by Crippen LogP contribution is 2.47. The lowest BCUT2D eigenvalue weighted by atomic mass is 9.76. The molecular weight excluding hydrogens is 338 g/mol. The first-order valence-corrected chi connectivity index (χ1v) is 8.87. The Balaban J connectivity index is 1.79. The number of carbonyl (C=O) groups is 2. The normalized spacial score (nSPS) is 13.7. The molecule has 0 radical (unpaired) electrons. The van der Waals surface area contributed by atoms with Crippen LogP contribution in [0.1, 0.15) is 24.0 Å². The number of anilines is 1. The Kier molecular flexibility index (Phi) is 4.47. The molecule has 0 aromatic heterocycles. The first-order valence-electron chi connectivity index (χ1n) is 8.87. The van der Waals surface area contributed by atoms with Crippen molar-refractivity contribution in [1.29, 1.82) is 0 Å². The van der Waals surface area contributed by atoms with Crippen LogP contribution in [0.5, 0.6) is 11.5 Å². The van der Waals surface area contributed by atoms with E-state index in [-0.39, 0.29) is 11.7 Å². The second-order valence-corrected chi connectivity index (χ2v) is 6.60. The summed E-state index contributed by atoms with van der Waals surface area (Å²) in [6, 6.07) is 24.3. The van der Waals surface area contributed by atoms with Gasteiger partial charge in [-0.3, -0.25) is 9.59 Å². The van der Waals surface area contributed by atoms with Gasteiger partial charge in [0.25, 0.3) is 0 Å². The number of amides is 1. The molecule has 0 bridgehead atoms. The lowest BCUT2D eigenvalue weighted by Gasteiger charge is -2.32. The van der Waals surface area contributed by atoms with Gasteiger partial charge >= 0.3 is 0 Å². The van der Waals surface area contributed by atoms with Gasteiger partial charge in [0.05, 0.1) is 0 Å². The summed E-state index contributed by atoms with van der Waals surface area (Å²) in [6.45, 7) is 1.47. The lowest BCUT2D eigenvalue weighted by molar-refractivity contribution is -0.130. The number of carbonyl (C=O) groups excluding carboxylic acids is 2. The predicted octanol–water partition coefficient (Wildman–Crippen LogP) is 4.77. The van der Waals surface area contributed by atoms with Crippen molar-refractivity contribution in [3.63, 3.8) is 0 Å². The molecule has 0 saturated carbocycles. The van der Waals surface area contributed by atoms with Gasteiger partial charge < -0.3 is 10.1 Å². The molecule has 1 aliphatic heterocycles. The molecule has 0 spiro atoms. The predicted molar refractivity (Wildman–Crippen MR) is 104 cm³/mol. The first kappa shape index (κ1) is 17.0. The second kappa shape index (κ2) is 7.08. The molecule has 1 N–H and O–H groups in total. The number of hydrogen-bond acceptors (Lipinski definition) is 3. The molecule has 0 aliphatic carbocycles. The summed E-state index contributed by atoms with van der Waals surface area (Å²) in [6.07, 6.45) is 0. The summed E-state index contributed by atoms with van der Waals surface area (Å²) in [7, 11) is 0. The Morgan fingerprint density at radius 2 is 1.33 bits per heavy atom. The molecule has 3 aromatic rings. The van der Waals surface area contributed by atoms with E-state index in [1.54, 1.807) is 12.1 Å². The topological polar surface area (TPSA) is 55.4 Å². The van der Waals surface area contributed by atoms with Crippen molar-refractivity contribution in [2.75, 3.05) is 5.32 Å². The Morgan fingerprint density at radius 1 is 0.815 bits per heavy atom. The van der Waals surface area contributed by atoms with Crippen molar-refractivity contribution in [2.24, 2.45) is 5.92 Å². The number of rotatable bonds is 4. The average Bonchev–Trinajstić information content (AvgIpc) is 2.68. The van der Waals surface area contributed by atoms with Crippen molar-refractivity contribution in [1.82, 2.24) is 0 Å². The quantitative estimate of drug-likeness (QED) is 0.685. The fourth-order valence-corrected chi connectivity index (χ4v) is 3.62. The Morgan fingerprint density at radius 3 is 1.89 bits per heavy atom. The highest BCUT2D eigenvalue weighted by molar-refractivity contribution is 6.08. The zero-order chi connectivity index (χ0) is 18.8. The van der Waals surface area contributed by atoms with Gasteiger partial charge in [-0.05, 0) is 31.2 Å². The number of ether oxygens (including phenoxy) is 1. The van der Waals surface area contributed by atoms with E-state index in [2.05, 4.69) is 5.32 Å². The SMILES string of the molecule is CC(=O)[C@H](C(=O)Nc1ccccc1)C1c2ccccc2Oc2ccccc21. The Hall–Kier alpha value is -3.40. The molecule has 1 atom stereocenters. The number of hydrogen-bond donors (Lipinski definition) is 1. The summed E-state index contributed by atoms with van der Waals surface area (Å²) in [5.74, 6) is -0.381. The van der Waals surface area contributed by atoms with Crippen LogP contribution in [0.25, 0.3) is 0 Å². The maximum atomic E-state index is 13.1. The molecule has 27 heavy (non-hydrogen) atoms. The minimum absolute atomic E-state index is 0.181. The Bertz CT molecular complexity index is 952. The Labute approximate surface area is 157 Å². The van der Waals surface area contributed by atoms with Gasteiger partial charge in [0.2, 0.25) is 5.91 Å². The molecule has 134 valence electrons. The number of para-hydroxylation sites is 3. The standard InChI is InChI=1S/C23H19NO3/c1-15(25)21(23(26)24-16-9-3-2-4-10-16)22-17-11-5-7-13-19(17)27-20-14-8-6-12-18(20)22/h2-14,21-22H,1H3,(H,24,26)/t21-/m0/s1. The number of nitrogens with one attached hydrogen (secondary N) is 1. The summed E-state index contributed by atoms with van der Waals surface area (Å²) in [5, 5.41) is 2.88. The van der Waals surface area contributed by atoms with Crippen LogP contribution < -0.4 is 10.1 Å². The molecule has 1 heterocycles. The van der Waals surface area contributed by atoms with E-state index in [0.717, 1.165) is 11.1 Å². The van der Waals surface area contributed by atoms with Crippen LogP contribution in [-0.4, -0.2) is 11.7 Å². The first-order chi connectivity index (χ1) is 13.1. The van der Waals surface area contributed by atoms with E-state index >= 15 is 0 Å². The molecule has 0 fully saturated rings. The molecule has 3 aromatic carbocycles. The van der Waals surface area contributed by atoms with Crippen LogP contribution in [0, 0.1) is 5.92 Å². The van der Waals surface area contributed by atoms with E-state index in [9.17, 15) is 9.59 Å². The van der Waals surface area contributed by atoms with E-state index in [1.165, 1.54) is 6.92 Å². The van der Waals surface area contributed by atoms with E-state index in [4.69, 9.17) is 4.74 Å². The van der Waals surface area contributed by atoms with Crippen molar-refractivity contribution in [2.45, 2.75) is 12.8 Å². The van der Waals surface area contributed by atoms with E-state index in [1.807, 2.05) is 66.7 Å². The largest absolute Gasteiger partial charge is 0.457 e. The van der Waals surface area contributed by atoms with Gasteiger partial charge in [-0.25, -0.2) is 0 Å². The number of Topliss-reactive ketones (excluding diaryl/α,β-unsaturated/α-hetero) is 1. The lowest BCUT2D eigenvalue weighted by Crippen LogP contribution is -2.35. The third-order valence-electron chi connectivity index (χ3n) is 4.82. The van der Waals surface area contributed by atoms with Gasteiger partial charge in [0, 0.05) is 22.7 Å². The third-order valence-corrected chi connectivity index (χ3v) is 4.82. The minimum atomic E-state index is -0.851. The maximum absolute atomic E-state index is 13.1. The molecule has 1 amide bonds. The smallest absolute Gasteiger partial charge is 0.235 e. The molecule has 1 aliphatic rings. The average molecular weight is 357 g/mol. The van der Waals surface area contributed by atoms with Crippen LogP contribution in [0.2, 0.25) is 0 Å². The molecule has 0 saturated heterocycles. The van der Waals surface area contributed by atoms with Crippen molar-refractivity contribution < 1.29 is 14.3 Å². The number of fused-ring (bicyclic) bond motifs is 2. The summed E-state index contributed by atoms with van der Waals surface area (Å²) >= 11 is 0. The number of benzene rings is 3. The number of ketones is 1. The zero-order valence-corrected chi connectivity index (χ0v) is 14.9. The molecule has 4 nitrogen and oxygen atoms in total. The molecular formula is C23H19NO3. The monoisotopic (exact) mass is 357 g/mol. The van der Waals surface area contributed by atoms with Crippen LogP contribution in [0.3, 0.4) is 0 Å². The minimum Gasteiger partial charge on any atom is -0.457 e. The summed E-state index contributed by atoms with van der Waals surface area (Å²) < 4.78 is 5.99. The van der Waals surface area contributed by atoms with E-state index in [0.29, 0.717) is 17.2 Å². The highest BCUT2D eigenvalue weighted by Gasteiger charge is 2.39. The fourth-order valence-electron chi connectivity index (χ4n) is 3.62. The van der Waals surface area contributed by atoms with Crippen LogP contribution in [0.15, 0.2) is 78.9 Å². The van der Waals surface area contributed by atoms with Gasteiger partial charge in [-0.15, -0.1) is 0 Å². The van der Waals surface area contributed by atoms with E-state index < -0.39 is 11.8 Å². The molecule has 4 rings (SSSR count). The van der Waals surface area contributed by atoms with Crippen LogP contribution in [-0.2, 0) is 9.59 Å². The van der Waals surface area contributed by atoms with Gasteiger partial charge in [-0.1, -0.05) is 54.6 Å². The summed E-state index contributed by atoms with van der Waals surface area (Å²) in [4.78, 5) is 25.7. The van der Waals surface area contributed by atoms with Crippen LogP contribution >= 0.6 is 0 Å². The van der Waals surface area contributed by atoms with Crippen LogP contribution in [0.4, 0.5) is 5.69 Å².